The molecule has 3 aromatic rings. The number of carboxylic acids is 1. The molecule has 4 unspecified atom stereocenters. The van der Waals surface area contributed by atoms with Crippen LogP contribution in [0.25, 0.3) is 10.9 Å². The number of phenolic OH excluding ortho intramolecular Hbond substituents is 1. The minimum absolute atomic E-state index is 0.0155. The van der Waals surface area contributed by atoms with Gasteiger partial charge in [0.15, 0.2) is 0 Å². The maximum atomic E-state index is 13.2. The molecule has 0 spiro atoms. The minimum Gasteiger partial charge on any atom is -0.508 e. The first-order chi connectivity index (χ1) is 19.5. The van der Waals surface area contributed by atoms with Crippen molar-refractivity contribution in [2.75, 3.05) is 6.61 Å². The Morgan fingerprint density at radius 2 is 1.46 bits per heavy atom. The molecule has 0 aliphatic heterocycles. The fourth-order valence-corrected chi connectivity index (χ4v) is 4.42. The van der Waals surface area contributed by atoms with Gasteiger partial charge < -0.3 is 42.0 Å². The molecule has 12 nitrogen and oxygen atoms in total. The summed E-state index contributed by atoms with van der Waals surface area (Å²) in [5.41, 5.74) is 8.20. The first-order valence-corrected chi connectivity index (χ1v) is 13.3. The number of aliphatic hydroxyl groups is 1. The van der Waals surface area contributed by atoms with Crippen LogP contribution in [-0.4, -0.2) is 74.8 Å². The number of rotatable bonds is 14. The lowest BCUT2D eigenvalue weighted by Gasteiger charge is -2.25. The molecule has 0 saturated carbocycles. The lowest BCUT2D eigenvalue weighted by molar-refractivity contribution is -0.142. The van der Waals surface area contributed by atoms with Crippen LogP contribution in [0.3, 0.4) is 0 Å². The van der Waals surface area contributed by atoms with Crippen LogP contribution in [0.4, 0.5) is 0 Å². The van der Waals surface area contributed by atoms with E-state index in [4.69, 9.17) is 5.73 Å². The van der Waals surface area contributed by atoms with Crippen molar-refractivity contribution in [1.82, 2.24) is 20.9 Å². The number of carbonyl (C=O) groups is 4. The Morgan fingerprint density at radius 3 is 2.10 bits per heavy atom. The topological polar surface area (TPSA) is 207 Å². The highest BCUT2D eigenvalue weighted by Gasteiger charge is 2.31. The molecule has 12 heteroatoms. The van der Waals surface area contributed by atoms with Crippen LogP contribution in [0.15, 0.2) is 54.7 Å². The van der Waals surface area contributed by atoms with Gasteiger partial charge in [0.2, 0.25) is 17.7 Å². The normalized spacial score (nSPS) is 14.2. The Hall–Kier alpha value is -4.42. The van der Waals surface area contributed by atoms with Gasteiger partial charge in [0.25, 0.3) is 0 Å². The van der Waals surface area contributed by atoms with E-state index < -0.39 is 54.5 Å². The molecule has 3 rings (SSSR count). The largest absolute Gasteiger partial charge is 0.508 e. The highest BCUT2D eigenvalue weighted by molar-refractivity contribution is 5.94. The Kier molecular flexibility index (Phi) is 10.8. The van der Waals surface area contributed by atoms with Crippen molar-refractivity contribution < 1.29 is 34.5 Å². The van der Waals surface area contributed by atoms with E-state index >= 15 is 0 Å². The van der Waals surface area contributed by atoms with Crippen molar-refractivity contribution in [3.8, 4) is 5.75 Å². The smallest absolute Gasteiger partial charge is 0.326 e. The van der Waals surface area contributed by atoms with Crippen LogP contribution in [0.5, 0.6) is 5.75 Å². The van der Waals surface area contributed by atoms with Gasteiger partial charge in [0.1, 0.15) is 23.9 Å². The van der Waals surface area contributed by atoms with Crippen LogP contribution in [0, 0.1) is 5.92 Å². The van der Waals surface area contributed by atoms with E-state index in [2.05, 4.69) is 20.9 Å². The fourth-order valence-electron chi connectivity index (χ4n) is 4.42. The van der Waals surface area contributed by atoms with Crippen molar-refractivity contribution in [2.45, 2.75) is 57.3 Å². The molecule has 1 aromatic heterocycles. The number of hydrogen-bond acceptors (Lipinski definition) is 7. The summed E-state index contributed by atoms with van der Waals surface area (Å²) in [6.45, 7) is 2.92. The zero-order chi connectivity index (χ0) is 30.1. The second-order valence-electron chi connectivity index (χ2n) is 10.4. The van der Waals surface area contributed by atoms with Crippen molar-refractivity contribution >= 4 is 34.6 Å². The number of H-pyrrole nitrogens is 1. The number of amides is 3. The van der Waals surface area contributed by atoms with Gasteiger partial charge in [-0.1, -0.05) is 44.2 Å². The van der Waals surface area contributed by atoms with Gasteiger partial charge in [-0.2, -0.15) is 0 Å². The molecule has 4 atom stereocenters. The predicted molar refractivity (Wildman–Crippen MR) is 152 cm³/mol. The number of carboxylic acid groups (broad SMARTS) is 1. The van der Waals surface area contributed by atoms with Gasteiger partial charge >= 0.3 is 5.97 Å². The Balaban J connectivity index is 1.65. The molecule has 220 valence electrons. The second-order valence-corrected chi connectivity index (χ2v) is 10.4. The monoisotopic (exact) mass is 567 g/mol. The number of aliphatic hydroxyl groups excluding tert-OH is 1. The number of fused-ring (bicyclic) bond motifs is 1. The molecule has 1 heterocycles. The van der Waals surface area contributed by atoms with Crippen molar-refractivity contribution in [1.29, 1.82) is 0 Å². The molecule has 2 aromatic carbocycles. The standard InChI is InChI=1S/C29H37N5O7/c1-16(2)11-23(27(38)33-24(29(40)41)13-18-14-31-22-6-4-3-5-20(18)22)32-28(39)25(15-35)34-26(37)21(30)12-17-7-9-19(36)10-8-17/h3-10,14,16,21,23-25,31,35-36H,11-13,15,30H2,1-2H3,(H,32,39)(H,33,38)(H,34,37)(H,40,41). The molecule has 0 saturated heterocycles. The van der Waals surface area contributed by atoms with Crippen molar-refractivity contribution in [3.63, 3.8) is 0 Å². The summed E-state index contributed by atoms with van der Waals surface area (Å²) in [5.74, 6) is -3.43. The van der Waals surface area contributed by atoms with Gasteiger partial charge in [0, 0.05) is 23.5 Å². The summed E-state index contributed by atoms with van der Waals surface area (Å²) < 4.78 is 0. The van der Waals surface area contributed by atoms with E-state index in [-0.39, 0.29) is 30.9 Å². The summed E-state index contributed by atoms with van der Waals surface area (Å²) in [4.78, 5) is 53.9. The Morgan fingerprint density at radius 1 is 0.854 bits per heavy atom. The Bertz CT molecular complexity index is 1360. The number of aromatic hydroxyl groups is 1. The quantitative estimate of drug-likeness (QED) is 0.138. The van der Waals surface area contributed by atoms with Crippen LogP contribution in [0.1, 0.15) is 31.4 Å². The summed E-state index contributed by atoms with van der Waals surface area (Å²) in [5, 5.41) is 37.3. The molecule has 9 N–H and O–H groups in total. The lowest BCUT2D eigenvalue weighted by Crippen LogP contribution is -2.58. The van der Waals surface area contributed by atoms with Crippen molar-refractivity contribution in [2.24, 2.45) is 11.7 Å². The maximum Gasteiger partial charge on any atom is 0.326 e. The number of nitrogens with two attached hydrogens (primary N) is 1. The third-order valence-electron chi connectivity index (χ3n) is 6.60. The van der Waals surface area contributed by atoms with E-state index in [1.807, 2.05) is 38.1 Å². The predicted octanol–water partition coefficient (Wildman–Crippen LogP) is 0.563. The number of benzene rings is 2. The van der Waals surface area contributed by atoms with Gasteiger partial charge in [-0.25, -0.2) is 4.79 Å². The van der Waals surface area contributed by atoms with Gasteiger partial charge in [-0.3, -0.25) is 14.4 Å². The molecule has 3 amide bonds. The minimum atomic E-state index is -1.39. The highest BCUT2D eigenvalue weighted by Crippen LogP contribution is 2.19. The average molecular weight is 568 g/mol. The number of aromatic nitrogens is 1. The summed E-state index contributed by atoms with van der Waals surface area (Å²) in [6.07, 6.45) is 2.02. The van der Waals surface area contributed by atoms with Crippen molar-refractivity contribution in [3.05, 3.63) is 65.9 Å². The van der Waals surface area contributed by atoms with E-state index in [0.29, 0.717) is 11.1 Å². The number of carbonyl (C=O) groups excluding carboxylic acids is 3. The van der Waals surface area contributed by atoms with Gasteiger partial charge in [-0.15, -0.1) is 0 Å². The number of aliphatic carboxylic acids is 1. The molecule has 0 aliphatic carbocycles. The van der Waals surface area contributed by atoms with Crippen LogP contribution < -0.4 is 21.7 Å². The van der Waals surface area contributed by atoms with Crippen LogP contribution in [-0.2, 0) is 32.0 Å². The maximum absolute atomic E-state index is 13.2. The molecule has 0 aliphatic rings. The van der Waals surface area contributed by atoms with E-state index in [9.17, 15) is 34.5 Å². The van der Waals surface area contributed by atoms with Crippen LogP contribution in [0.2, 0.25) is 0 Å². The fraction of sp³-hybridized carbons (Fsp3) is 0.379. The number of aromatic amines is 1. The van der Waals surface area contributed by atoms with E-state index in [1.54, 1.807) is 18.3 Å². The van der Waals surface area contributed by atoms with Gasteiger partial charge in [0.05, 0.1) is 12.6 Å². The van der Waals surface area contributed by atoms with Crippen LogP contribution >= 0.6 is 0 Å². The lowest BCUT2D eigenvalue weighted by atomic mass is 10.0. The number of hydrogen-bond donors (Lipinski definition) is 8. The average Bonchev–Trinajstić information content (AvgIpc) is 3.34. The summed E-state index contributed by atoms with van der Waals surface area (Å²) >= 11 is 0. The third-order valence-corrected chi connectivity index (χ3v) is 6.60. The molecular formula is C29H37N5O7. The summed E-state index contributed by atoms with van der Waals surface area (Å²) in [7, 11) is 0. The zero-order valence-corrected chi connectivity index (χ0v) is 23.0. The number of nitrogens with one attached hydrogen (secondary N) is 4. The molecule has 0 bridgehead atoms. The summed E-state index contributed by atoms with van der Waals surface area (Å²) in [6, 6.07) is 8.70. The second kappa shape index (κ2) is 14.3. The first-order valence-electron chi connectivity index (χ1n) is 13.3. The Labute approximate surface area is 237 Å². The third kappa shape index (κ3) is 8.78. The SMILES string of the molecule is CC(C)CC(NC(=O)C(CO)NC(=O)C(N)Cc1ccc(O)cc1)C(=O)NC(Cc1c[nH]c2ccccc12)C(=O)O. The zero-order valence-electron chi connectivity index (χ0n) is 23.0. The molecule has 41 heavy (non-hydrogen) atoms. The molecule has 0 fully saturated rings. The van der Waals surface area contributed by atoms with Gasteiger partial charge in [-0.05, 0) is 48.1 Å². The van der Waals surface area contributed by atoms with E-state index in [1.165, 1.54) is 12.1 Å². The first kappa shape index (κ1) is 31.1. The molecule has 0 radical (unpaired) electrons. The van der Waals surface area contributed by atoms with E-state index in [0.717, 1.165) is 10.9 Å². The number of para-hydroxylation sites is 1. The highest BCUT2D eigenvalue weighted by atomic mass is 16.4. The number of phenols is 1. The molecular weight excluding hydrogens is 530 g/mol.